The normalized spacial score (nSPS) is 10.9. The van der Waals surface area contributed by atoms with E-state index < -0.39 is 5.97 Å². The molecule has 1 N–H and O–H groups in total. The number of aromatic nitrogens is 3. The minimum absolute atomic E-state index is 0.0254. The number of carbonyl (C=O) groups is 1. The first-order valence-electron chi connectivity index (χ1n) is 6.50. The number of carboxylic acid groups (broad SMARTS) is 1. The van der Waals surface area contributed by atoms with Gasteiger partial charge in [0.1, 0.15) is 18.5 Å². The van der Waals surface area contributed by atoms with Crippen molar-refractivity contribution >= 4 is 17.6 Å². The van der Waals surface area contributed by atoms with Gasteiger partial charge in [0, 0.05) is 6.54 Å². The second kappa shape index (κ2) is 6.58. The van der Waals surface area contributed by atoms with Crippen molar-refractivity contribution in [2.24, 2.45) is 5.92 Å². The molecule has 0 aliphatic rings. The average Bonchev–Trinajstić information content (AvgIpc) is 2.83. The highest BCUT2D eigenvalue weighted by molar-refractivity contribution is 6.32. The van der Waals surface area contributed by atoms with Crippen LogP contribution in [0, 0.1) is 5.92 Å². The molecule has 0 unspecified atom stereocenters. The summed E-state index contributed by atoms with van der Waals surface area (Å²) in [7, 11) is 0. The van der Waals surface area contributed by atoms with Crippen molar-refractivity contribution in [2.45, 2.75) is 27.0 Å². The Morgan fingerprint density at radius 2 is 2.24 bits per heavy atom. The minimum Gasteiger partial charge on any atom is -0.483 e. The molecule has 0 atom stereocenters. The molecule has 21 heavy (non-hydrogen) atoms. The van der Waals surface area contributed by atoms with Crippen molar-refractivity contribution in [3.63, 3.8) is 0 Å². The largest absolute Gasteiger partial charge is 0.483 e. The molecule has 0 saturated heterocycles. The lowest BCUT2D eigenvalue weighted by Crippen LogP contribution is -2.13. The maximum absolute atomic E-state index is 11.2. The molecular weight excluding hydrogens is 294 g/mol. The highest BCUT2D eigenvalue weighted by Gasteiger charge is 2.16. The van der Waals surface area contributed by atoms with Crippen LogP contribution in [-0.2, 0) is 13.2 Å². The minimum atomic E-state index is -1.09. The summed E-state index contributed by atoms with van der Waals surface area (Å²) >= 11 is 6.01. The first-order valence-corrected chi connectivity index (χ1v) is 6.88. The summed E-state index contributed by atoms with van der Waals surface area (Å²) in [5.41, 5.74) is 0.0254. The van der Waals surface area contributed by atoms with Crippen molar-refractivity contribution in [1.29, 1.82) is 0 Å². The lowest BCUT2D eigenvalue weighted by molar-refractivity contribution is 0.0691. The number of aromatic carboxylic acids is 1. The molecule has 112 valence electrons. The van der Waals surface area contributed by atoms with Crippen LogP contribution in [0.25, 0.3) is 0 Å². The summed E-state index contributed by atoms with van der Waals surface area (Å²) in [6.07, 6.45) is 1.45. The second-order valence-electron chi connectivity index (χ2n) is 4.96. The number of nitrogens with zero attached hydrogens (tertiary/aromatic N) is 3. The third-order valence-electron chi connectivity index (χ3n) is 2.78. The van der Waals surface area contributed by atoms with Crippen LogP contribution in [0.4, 0.5) is 0 Å². The highest BCUT2D eigenvalue weighted by Crippen LogP contribution is 2.29. The Hall–Kier alpha value is -2.08. The fraction of sp³-hybridized carbons (Fsp3) is 0.357. The molecule has 0 saturated carbocycles. The molecule has 1 heterocycles. The lowest BCUT2D eigenvalue weighted by atomic mass is 10.2. The summed E-state index contributed by atoms with van der Waals surface area (Å²) < 4.78 is 7.30. The zero-order chi connectivity index (χ0) is 15.4. The molecule has 0 amide bonds. The predicted octanol–water partition coefficient (Wildman–Crippen LogP) is 2.86. The van der Waals surface area contributed by atoms with Gasteiger partial charge in [0.2, 0.25) is 0 Å². The highest BCUT2D eigenvalue weighted by atomic mass is 35.5. The van der Waals surface area contributed by atoms with Gasteiger partial charge in [0.05, 0.1) is 5.02 Å². The van der Waals surface area contributed by atoms with Crippen LogP contribution in [0.2, 0.25) is 5.02 Å². The number of hydrogen-bond donors (Lipinski definition) is 1. The molecule has 2 aromatic rings. The standard InChI is InChI=1S/C14H16ClN3O3/c1-9(2)6-18-12(16-8-17-18)7-21-13-10(14(19)20)4-3-5-11(13)15/h3-5,8-9H,6-7H2,1-2H3,(H,19,20). The van der Waals surface area contributed by atoms with Crippen molar-refractivity contribution in [3.8, 4) is 5.75 Å². The van der Waals surface area contributed by atoms with Gasteiger partial charge in [-0.2, -0.15) is 5.10 Å². The Balaban J connectivity index is 2.17. The molecule has 0 aliphatic heterocycles. The predicted molar refractivity (Wildman–Crippen MR) is 77.6 cm³/mol. The van der Waals surface area contributed by atoms with Crippen LogP contribution in [0.15, 0.2) is 24.5 Å². The first kappa shape index (κ1) is 15.3. The number of ether oxygens (including phenoxy) is 1. The van der Waals surface area contributed by atoms with Gasteiger partial charge in [0.25, 0.3) is 0 Å². The molecule has 1 aromatic carbocycles. The molecule has 1 aromatic heterocycles. The molecule has 0 bridgehead atoms. The van der Waals surface area contributed by atoms with Crippen LogP contribution in [0.1, 0.15) is 30.0 Å². The SMILES string of the molecule is CC(C)Cn1ncnc1COc1c(Cl)cccc1C(=O)O. The van der Waals surface area contributed by atoms with Crippen molar-refractivity contribution in [1.82, 2.24) is 14.8 Å². The second-order valence-corrected chi connectivity index (χ2v) is 5.37. The number of halogens is 1. The third kappa shape index (κ3) is 3.72. The van der Waals surface area contributed by atoms with E-state index in [0.717, 1.165) is 0 Å². The monoisotopic (exact) mass is 309 g/mol. The fourth-order valence-corrected chi connectivity index (χ4v) is 2.09. The average molecular weight is 310 g/mol. The zero-order valence-electron chi connectivity index (χ0n) is 11.8. The summed E-state index contributed by atoms with van der Waals surface area (Å²) in [6, 6.07) is 4.60. The molecule has 0 fully saturated rings. The number of carboxylic acids is 1. The van der Waals surface area contributed by atoms with E-state index in [9.17, 15) is 4.79 Å². The maximum Gasteiger partial charge on any atom is 0.339 e. The Morgan fingerprint density at radius 1 is 1.48 bits per heavy atom. The summed E-state index contributed by atoms with van der Waals surface area (Å²) in [5.74, 6) is 0.0993. The Labute approximate surface area is 127 Å². The number of rotatable bonds is 6. The van der Waals surface area contributed by atoms with Gasteiger partial charge in [-0.1, -0.05) is 31.5 Å². The Morgan fingerprint density at radius 3 is 2.90 bits per heavy atom. The van der Waals surface area contributed by atoms with Crippen LogP contribution >= 0.6 is 11.6 Å². The molecule has 0 radical (unpaired) electrons. The quantitative estimate of drug-likeness (QED) is 0.887. The Bertz CT molecular complexity index is 640. The van der Waals surface area contributed by atoms with Crippen LogP contribution < -0.4 is 4.74 Å². The van der Waals surface area contributed by atoms with Gasteiger partial charge in [-0.25, -0.2) is 14.5 Å². The topological polar surface area (TPSA) is 77.2 Å². The smallest absolute Gasteiger partial charge is 0.339 e. The van der Waals surface area contributed by atoms with Gasteiger partial charge in [-0.05, 0) is 18.1 Å². The first-order chi connectivity index (χ1) is 9.99. The zero-order valence-corrected chi connectivity index (χ0v) is 12.5. The van der Waals surface area contributed by atoms with E-state index >= 15 is 0 Å². The number of benzene rings is 1. The molecule has 7 heteroatoms. The van der Waals surface area contributed by atoms with E-state index in [1.165, 1.54) is 12.4 Å². The van der Waals surface area contributed by atoms with Crippen molar-refractivity contribution < 1.29 is 14.6 Å². The third-order valence-corrected chi connectivity index (χ3v) is 3.07. The number of hydrogen-bond acceptors (Lipinski definition) is 4. The maximum atomic E-state index is 11.2. The lowest BCUT2D eigenvalue weighted by Gasteiger charge is -2.12. The molecule has 2 rings (SSSR count). The van der Waals surface area contributed by atoms with Gasteiger partial charge in [-0.15, -0.1) is 0 Å². The molecule has 0 spiro atoms. The Kier molecular flexibility index (Phi) is 4.80. The van der Waals surface area contributed by atoms with Gasteiger partial charge in [0.15, 0.2) is 11.6 Å². The van der Waals surface area contributed by atoms with Crippen LogP contribution in [0.3, 0.4) is 0 Å². The van der Waals surface area contributed by atoms with E-state index in [4.69, 9.17) is 21.4 Å². The molecule has 6 nitrogen and oxygen atoms in total. The summed E-state index contributed by atoms with van der Waals surface area (Å²) in [6.45, 7) is 4.97. The van der Waals surface area contributed by atoms with Crippen LogP contribution in [0.5, 0.6) is 5.75 Å². The van der Waals surface area contributed by atoms with Crippen molar-refractivity contribution in [3.05, 3.63) is 40.9 Å². The van der Waals surface area contributed by atoms with E-state index in [2.05, 4.69) is 23.9 Å². The van der Waals surface area contributed by atoms with Gasteiger partial charge < -0.3 is 9.84 Å². The number of para-hydroxylation sites is 1. The molecular formula is C14H16ClN3O3. The van der Waals surface area contributed by atoms with Gasteiger partial charge >= 0.3 is 5.97 Å². The summed E-state index contributed by atoms with van der Waals surface area (Å²) in [5, 5.41) is 13.5. The van der Waals surface area contributed by atoms with E-state index in [1.807, 2.05) is 0 Å². The van der Waals surface area contributed by atoms with Crippen LogP contribution in [-0.4, -0.2) is 25.8 Å². The van der Waals surface area contributed by atoms with E-state index in [1.54, 1.807) is 16.8 Å². The van der Waals surface area contributed by atoms with E-state index in [-0.39, 0.29) is 22.9 Å². The van der Waals surface area contributed by atoms with Gasteiger partial charge in [-0.3, -0.25) is 0 Å². The van der Waals surface area contributed by atoms with Crippen molar-refractivity contribution in [2.75, 3.05) is 0 Å². The fourth-order valence-electron chi connectivity index (χ4n) is 1.86. The molecule has 0 aliphatic carbocycles. The van der Waals surface area contributed by atoms with E-state index in [0.29, 0.717) is 18.3 Å². The summed E-state index contributed by atoms with van der Waals surface area (Å²) in [4.78, 5) is 15.3.